The average Bonchev–Trinajstić information content (AvgIpc) is 3.06. The number of nitrogens with zero attached hydrogens (tertiary/aromatic N) is 3. The van der Waals surface area contributed by atoms with Crippen molar-refractivity contribution in [2.24, 2.45) is 11.7 Å². The van der Waals surface area contributed by atoms with Crippen LogP contribution in [0.1, 0.15) is 57.0 Å². The van der Waals surface area contributed by atoms with Gasteiger partial charge < -0.3 is 15.0 Å². The van der Waals surface area contributed by atoms with Gasteiger partial charge in [-0.2, -0.15) is 4.98 Å². The van der Waals surface area contributed by atoms with Crippen LogP contribution in [0.25, 0.3) is 0 Å². The van der Waals surface area contributed by atoms with Gasteiger partial charge in [0.25, 0.3) is 0 Å². The van der Waals surface area contributed by atoms with E-state index in [4.69, 9.17) is 15.0 Å². The fraction of sp³-hybridized carbons (Fsp3) is 0.857. The summed E-state index contributed by atoms with van der Waals surface area (Å²) in [5.74, 6) is 1.68. The average molecular weight is 280 g/mol. The highest BCUT2D eigenvalue weighted by molar-refractivity contribution is 4.99. The van der Waals surface area contributed by atoms with Crippen molar-refractivity contribution in [3.63, 3.8) is 0 Å². The Morgan fingerprint density at radius 2 is 2.30 bits per heavy atom. The van der Waals surface area contributed by atoms with Crippen molar-refractivity contribution < 1.29 is 9.26 Å². The van der Waals surface area contributed by atoms with Gasteiger partial charge in [0, 0.05) is 12.6 Å². The standard InChI is InChI=1S/C14H24N4O2/c1-9(2)6-11(15)14-16-13(17-20-14)12-7-18-5-3-4-10(18)8-19-12/h9-12H,3-8,15H2,1-2H3/t10?,11-,12?/m0/s1. The van der Waals surface area contributed by atoms with Crippen molar-refractivity contribution in [3.05, 3.63) is 11.7 Å². The largest absolute Gasteiger partial charge is 0.367 e. The first kappa shape index (κ1) is 14.0. The van der Waals surface area contributed by atoms with Crippen LogP contribution in [0, 0.1) is 5.92 Å². The van der Waals surface area contributed by atoms with E-state index in [1.165, 1.54) is 12.8 Å². The second kappa shape index (κ2) is 5.79. The summed E-state index contributed by atoms with van der Waals surface area (Å²) in [5, 5.41) is 4.06. The Bertz CT molecular complexity index is 448. The summed E-state index contributed by atoms with van der Waals surface area (Å²) in [7, 11) is 0. The van der Waals surface area contributed by atoms with Crippen LogP contribution < -0.4 is 5.73 Å². The van der Waals surface area contributed by atoms with Crippen LogP contribution in [0.4, 0.5) is 0 Å². The zero-order chi connectivity index (χ0) is 14.1. The molecule has 3 heterocycles. The number of ether oxygens (including phenoxy) is 1. The smallest absolute Gasteiger partial charge is 0.243 e. The van der Waals surface area contributed by atoms with Gasteiger partial charge in [-0.25, -0.2) is 0 Å². The maximum absolute atomic E-state index is 6.08. The monoisotopic (exact) mass is 280 g/mol. The highest BCUT2D eigenvalue weighted by Crippen LogP contribution is 2.29. The molecular weight excluding hydrogens is 256 g/mol. The number of aromatic nitrogens is 2. The minimum Gasteiger partial charge on any atom is -0.367 e. The van der Waals surface area contributed by atoms with E-state index in [9.17, 15) is 0 Å². The van der Waals surface area contributed by atoms with Crippen molar-refractivity contribution in [2.75, 3.05) is 19.7 Å². The Kier molecular flexibility index (Phi) is 4.05. The quantitative estimate of drug-likeness (QED) is 0.903. The van der Waals surface area contributed by atoms with Crippen molar-refractivity contribution in [1.29, 1.82) is 0 Å². The summed E-state index contributed by atoms with van der Waals surface area (Å²) in [4.78, 5) is 6.92. The van der Waals surface area contributed by atoms with Gasteiger partial charge in [-0.15, -0.1) is 0 Å². The highest BCUT2D eigenvalue weighted by atomic mass is 16.5. The van der Waals surface area contributed by atoms with E-state index in [1.807, 2.05) is 0 Å². The molecule has 20 heavy (non-hydrogen) atoms. The molecule has 0 spiro atoms. The lowest BCUT2D eigenvalue weighted by molar-refractivity contribution is -0.0548. The van der Waals surface area contributed by atoms with E-state index in [0.29, 0.717) is 23.7 Å². The molecule has 0 bridgehead atoms. The van der Waals surface area contributed by atoms with Gasteiger partial charge in [0.2, 0.25) is 11.7 Å². The van der Waals surface area contributed by atoms with Crippen LogP contribution in [-0.4, -0.2) is 40.8 Å². The summed E-state index contributed by atoms with van der Waals surface area (Å²) in [5.41, 5.74) is 6.08. The lowest BCUT2D eigenvalue weighted by Gasteiger charge is -2.33. The minimum absolute atomic E-state index is 0.0758. The van der Waals surface area contributed by atoms with Crippen LogP contribution >= 0.6 is 0 Å². The normalized spacial score (nSPS) is 28.8. The van der Waals surface area contributed by atoms with Crippen molar-refractivity contribution in [2.45, 2.75) is 51.3 Å². The van der Waals surface area contributed by atoms with Gasteiger partial charge >= 0.3 is 0 Å². The first-order valence-corrected chi connectivity index (χ1v) is 7.58. The molecule has 6 nitrogen and oxygen atoms in total. The number of rotatable bonds is 4. The third-order valence-corrected chi connectivity index (χ3v) is 4.18. The molecule has 2 unspecified atom stereocenters. The zero-order valence-electron chi connectivity index (χ0n) is 12.3. The van der Waals surface area contributed by atoms with E-state index in [-0.39, 0.29) is 12.1 Å². The molecule has 2 aliphatic rings. The van der Waals surface area contributed by atoms with E-state index in [1.54, 1.807) is 0 Å². The first-order chi connectivity index (χ1) is 9.63. The maximum Gasteiger partial charge on any atom is 0.243 e. The summed E-state index contributed by atoms with van der Waals surface area (Å²) in [6.07, 6.45) is 3.27. The number of hydrogen-bond acceptors (Lipinski definition) is 6. The molecule has 1 aromatic rings. The molecule has 0 aromatic carbocycles. The molecule has 2 N–H and O–H groups in total. The molecule has 112 valence electrons. The summed E-state index contributed by atoms with van der Waals surface area (Å²) in [6.45, 7) is 7.06. The Labute approximate surface area is 119 Å². The topological polar surface area (TPSA) is 77.4 Å². The third-order valence-electron chi connectivity index (χ3n) is 4.18. The first-order valence-electron chi connectivity index (χ1n) is 7.58. The van der Waals surface area contributed by atoms with Gasteiger partial charge in [0.05, 0.1) is 12.6 Å². The predicted molar refractivity (Wildman–Crippen MR) is 74.0 cm³/mol. The van der Waals surface area contributed by atoms with Gasteiger partial charge in [-0.3, -0.25) is 4.90 Å². The van der Waals surface area contributed by atoms with E-state index >= 15 is 0 Å². The lowest BCUT2D eigenvalue weighted by Crippen LogP contribution is -2.42. The van der Waals surface area contributed by atoms with Gasteiger partial charge in [-0.1, -0.05) is 19.0 Å². The molecule has 6 heteroatoms. The molecule has 3 atom stereocenters. The Hall–Kier alpha value is -0.980. The maximum atomic E-state index is 6.08. The molecule has 0 saturated carbocycles. The number of hydrogen-bond donors (Lipinski definition) is 1. The number of nitrogens with two attached hydrogens (primary N) is 1. The van der Waals surface area contributed by atoms with Gasteiger partial charge in [0.1, 0.15) is 6.10 Å². The molecule has 0 amide bonds. The van der Waals surface area contributed by atoms with Crippen LogP contribution in [-0.2, 0) is 4.74 Å². The SMILES string of the molecule is CC(C)C[C@H](N)c1nc(C2CN3CCCC3CO2)no1. The molecule has 2 fully saturated rings. The fourth-order valence-corrected chi connectivity index (χ4v) is 3.11. The Morgan fingerprint density at radius 3 is 3.10 bits per heavy atom. The van der Waals surface area contributed by atoms with Crippen LogP contribution in [0.2, 0.25) is 0 Å². The minimum atomic E-state index is -0.181. The van der Waals surface area contributed by atoms with Crippen LogP contribution in [0.5, 0.6) is 0 Å². The zero-order valence-corrected chi connectivity index (χ0v) is 12.3. The van der Waals surface area contributed by atoms with E-state index < -0.39 is 0 Å². The summed E-state index contributed by atoms with van der Waals surface area (Å²) >= 11 is 0. The van der Waals surface area contributed by atoms with E-state index in [0.717, 1.165) is 26.1 Å². The van der Waals surface area contributed by atoms with Crippen molar-refractivity contribution in [3.8, 4) is 0 Å². The molecule has 2 saturated heterocycles. The molecule has 3 rings (SSSR count). The number of morpholine rings is 1. The second-order valence-corrected chi connectivity index (χ2v) is 6.34. The Morgan fingerprint density at radius 1 is 1.45 bits per heavy atom. The molecular formula is C14H24N4O2. The predicted octanol–water partition coefficient (Wildman–Crippen LogP) is 1.65. The highest BCUT2D eigenvalue weighted by Gasteiger charge is 2.35. The van der Waals surface area contributed by atoms with Gasteiger partial charge in [0.15, 0.2) is 0 Å². The van der Waals surface area contributed by atoms with Crippen molar-refractivity contribution in [1.82, 2.24) is 15.0 Å². The third kappa shape index (κ3) is 2.87. The van der Waals surface area contributed by atoms with Crippen LogP contribution in [0.3, 0.4) is 0 Å². The molecule has 2 aliphatic heterocycles. The molecule has 1 aromatic heterocycles. The fourth-order valence-electron chi connectivity index (χ4n) is 3.11. The molecule has 0 radical (unpaired) electrons. The summed E-state index contributed by atoms with van der Waals surface area (Å²) in [6, 6.07) is 0.403. The summed E-state index contributed by atoms with van der Waals surface area (Å²) < 4.78 is 11.2. The second-order valence-electron chi connectivity index (χ2n) is 6.34. The van der Waals surface area contributed by atoms with E-state index in [2.05, 4.69) is 28.9 Å². The lowest BCUT2D eigenvalue weighted by atomic mass is 10.0. The van der Waals surface area contributed by atoms with Crippen LogP contribution in [0.15, 0.2) is 4.52 Å². The Balaban J connectivity index is 1.64. The van der Waals surface area contributed by atoms with Gasteiger partial charge in [-0.05, 0) is 31.7 Å². The molecule has 0 aliphatic carbocycles. The van der Waals surface area contributed by atoms with Crippen molar-refractivity contribution >= 4 is 0 Å². The number of fused-ring (bicyclic) bond motifs is 1.